The maximum atomic E-state index is 12.8. The van der Waals surface area contributed by atoms with Gasteiger partial charge in [-0.05, 0) is 62.6 Å². The maximum Gasteiger partial charge on any atom is 0.272 e. The third-order valence-corrected chi connectivity index (χ3v) is 6.86. The van der Waals surface area contributed by atoms with Gasteiger partial charge in [0.1, 0.15) is 0 Å². The van der Waals surface area contributed by atoms with Crippen molar-refractivity contribution in [2.75, 3.05) is 13.1 Å². The Morgan fingerprint density at radius 2 is 2.15 bits per heavy atom. The molecule has 0 saturated carbocycles. The lowest BCUT2D eigenvalue weighted by molar-refractivity contribution is 0.0942. The number of piperidine rings is 1. The summed E-state index contributed by atoms with van der Waals surface area (Å²) in [6, 6.07) is 4.62. The van der Waals surface area contributed by atoms with Crippen LogP contribution in [0.1, 0.15) is 52.8 Å². The van der Waals surface area contributed by atoms with Gasteiger partial charge in [0.15, 0.2) is 5.69 Å². The third-order valence-electron chi connectivity index (χ3n) is 5.98. The molecule has 140 valence electrons. The fourth-order valence-electron chi connectivity index (χ4n) is 4.32. The minimum absolute atomic E-state index is 0.0387. The lowest BCUT2D eigenvalue weighted by atomic mass is 9.88. The second kappa shape index (κ2) is 7.53. The Bertz CT molecular complexity index is 759. The van der Waals surface area contributed by atoms with Gasteiger partial charge in [0.25, 0.3) is 5.91 Å². The predicted octanol–water partition coefficient (Wildman–Crippen LogP) is 3.00. The van der Waals surface area contributed by atoms with Crippen LogP contribution in [-0.2, 0) is 26.4 Å². The van der Waals surface area contributed by atoms with Gasteiger partial charge in [0, 0.05) is 29.2 Å². The summed E-state index contributed by atoms with van der Waals surface area (Å²) in [5, 5.41) is 9.66. The van der Waals surface area contributed by atoms with Gasteiger partial charge in [-0.15, -0.1) is 11.3 Å². The van der Waals surface area contributed by atoms with Crippen LogP contribution in [0.15, 0.2) is 17.5 Å². The summed E-state index contributed by atoms with van der Waals surface area (Å²) < 4.78 is 1.92. The number of carbonyl (C=O) groups excluding carboxylic acids is 1. The van der Waals surface area contributed by atoms with Crippen molar-refractivity contribution in [1.82, 2.24) is 20.0 Å². The number of aromatic nitrogens is 2. The van der Waals surface area contributed by atoms with Crippen molar-refractivity contribution < 1.29 is 4.79 Å². The molecule has 2 aliphatic rings. The first kappa shape index (κ1) is 17.7. The number of amides is 1. The zero-order valence-corrected chi connectivity index (χ0v) is 16.5. The molecule has 1 saturated heterocycles. The van der Waals surface area contributed by atoms with Gasteiger partial charge in [-0.3, -0.25) is 9.48 Å². The van der Waals surface area contributed by atoms with Gasteiger partial charge < -0.3 is 10.2 Å². The second-order valence-electron chi connectivity index (χ2n) is 7.77. The molecule has 1 atom stereocenters. The molecule has 1 aliphatic heterocycles. The molecular formula is C20H28N4OS. The largest absolute Gasteiger partial charge is 0.346 e. The molecule has 2 aromatic heterocycles. The van der Waals surface area contributed by atoms with Crippen molar-refractivity contribution in [3.63, 3.8) is 0 Å². The molecule has 1 amide bonds. The van der Waals surface area contributed by atoms with Crippen LogP contribution in [-0.4, -0.2) is 39.7 Å². The number of aryl methyl sites for hydroxylation is 1. The van der Waals surface area contributed by atoms with E-state index < -0.39 is 0 Å². The Labute approximate surface area is 159 Å². The Balaban J connectivity index is 1.47. The first-order chi connectivity index (χ1) is 12.6. The molecule has 0 radical (unpaired) electrons. The number of carbonyl (C=O) groups is 1. The molecule has 4 rings (SSSR count). The molecule has 1 N–H and O–H groups in total. The normalized spacial score (nSPS) is 21.5. The molecule has 26 heavy (non-hydrogen) atoms. The van der Waals surface area contributed by atoms with Crippen LogP contribution in [0.4, 0.5) is 0 Å². The fraction of sp³-hybridized carbons (Fsp3) is 0.600. The number of hydrogen-bond donors (Lipinski definition) is 1. The second-order valence-corrected chi connectivity index (χ2v) is 8.81. The number of nitrogens with one attached hydrogen (secondary N) is 1. The van der Waals surface area contributed by atoms with Crippen LogP contribution >= 0.6 is 11.3 Å². The van der Waals surface area contributed by atoms with E-state index in [1.807, 2.05) is 29.2 Å². The maximum absolute atomic E-state index is 12.8. The van der Waals surface area contributed by atoms with Crippen LogP contribution in [0.25, 0.3) is 0 Å². The zero-order chi connectivity index (χ0) is 18.1. The minimum Gasteiger partial charge on any atom is -0.346 e. The number of fused-ring (bicyclic) bond motifs is 1. The number of hydrogen-bond acceptors (Lipinski definition) is 4. The van der Waals surface area contributed by atoms with E-state index in [0.717, 1.165) is 18.8 Å². The Morgan fingerprint density at radius 1 is 1.35 bits per heavy atom. The molecule has 0 aromatic carbocycles. The molecule has 1 fully saturated rings. The van der Waals surface area contributed by atoms with E-state index in [9.17, 15) is 4.79 Å². The highest BCUT2D eigenvalue weighted by molar-refractivity contribution is 7.09. The average molecular weight is 373 g/mol. The Kier molecular flexibility index (Phi) is 5.14. The molecule has 2 aromatic rings. The van der Waals surface area contributed by atoms with Crippen LogP contribution in [0.3, 0.4) is 0 Å². The first-order valence-electron chi connectivity index (χ1n) is 9.71. The molecule has 6 heteroatoms. The van der Waals surface area contributed by atoms with Crippen molar-refractivity contribution in [2.24, 2.45) is 13.0 Å². The van der Waals surface area contributed by atoms with Gasteiger partial charge in [-0.25, -0.2) is 0 Å². The predicted molar refractivity (Wildman–Crippen MR) is 104 cm³/mol. The summed E-state index contributed by atoms with van der Waals surface area (Å²) in [7, 11) is 1.97. The lowest BCUT2D eigenvalue weighted by Gasteiger charge is -2.38. The van der Waals surface area contributed by atoms with Gasteiger partial charge >= 0.3 is 0 Å². The molecule has 0 spiro atoms. The van der Waals surface area contributed by atoms with E-state index in [4.69, 9.17) is 0 Å². The van der Waals surface area contributed by atoms with Crippen molar-refractivity contribution in [1.29, 1.82) is 0 Å². The Hall–Kier alpha value is -1.66. The van der Waals surface area contributed by atoms with E-state index >= 15 is 0 Å². The number of thiophene rings is 1. The van der Waals surface area contributed by atoms with Gasteiger partial charge in [0.05, 0.1) is 6.54 Å². The van der Waals surface area contributed by atoms with Gasteiger partial charge in [0.2, 0.25) is 0 Å². The lowest BCUT2D eigenvalue weighted by Crippen LogP contribution is -2.44. The van der Waals surface area contributed by atoms with Crippen molar-refractivity contribution in [3.8, 4) is 0 Å². The molecule has 5 nitrogen and oxygen atoms in total. The highest BCUT2D eigenvalue weighted by Gasteiger charge is 2.32. The summed E-state index contributed by atoms with van der Waals surface area (Å²) in [6.45, 7) is 5.32. The van der Waals surface area contributed by atoms with E-state index in [1.54, 1.807) is 11.3 Å². The third kappa shape index (κ3) is 3.58. The molecule has 1 aliphatic carbocycles. The minimum atomic E-state index is -0.0387. The van der Waals surface area contributed by atoms with Crippen LogP contribution < -0.4 is 5.32 Å². The van der Waals surface area contributed by atoms with Crippen molar-refractivity contribution in [2.45, 2.75) is 51.6 Å². The zero-order valence-electron chi connectivity index (χ0n) is 15.7. The summed E-state index contributed by atoms with van der Waals surface area (Å²) in [5.74, 6) is 0.811. The van der Waals surface area contributed by atoms with E-state index in [1.165, 1.54) is 48.5 Å². The smallest absolute Gasteiger partial charge is 0.272 e. The monoisotopic (exact) mass is 372 g/mol. The highest BCUT2D eigenvalue weighted by Crippen LogP contribution is 2.29. The fourth-order valence-corrected chi connectivity index (χ4v) is 4.97. The molecule has 0 bridgehead atoms. The summed E-state index contributed by atoms with van der Waals surface area (Å²) in [4.78, 5) is 16.6. The van der Waals surface area contributed by atoms with Gasteiger partial charge in [-0.1, -0.05) is 13.0 Å². The Morgan fingerprint density at radius 3 is 2.88 bits per heavy atom. The topological polar surface area (TPSA) is 50.2 Å². The van der Waals surface area contributed by atoms with Crippen LogP contribution in [0.5, 0.6) is 0 Å². The van der Waals surface area contributed by atoms with E-state index in [2.05, 4.69) is 22.2 Å². The van der Waals surface area contributed by atoms with Crippen molar-refractivity contribution in [3.05, 3.63) is 39.3 Å². The summed E-state index contributed by atoms with van der Waals surface area (Å²) in [5.41, 5.74) is 3.05. The molecule has 3 heterocycles. The number of nitrogens with zero attached hydrogens (tertiary/aromatic N) is 3. The van der Waals surface area contributed by atoms with E-state index in [-0.39, 0.29) is 5.91 Å². The first-order valence-corrected chi connectivity index (χ1v) is 10.6. The summed E-state index contributed by atoms with van der Waals surface area (Å²) >= 11 is 1.67. The highest BCUT2D eigenvalue weighted by atomic mass is 32.1. The number of rotatable bonds is 4. The SMILES string of the molecule is CC1CCN(C2CCc3c(c(C(=O)NCc4cccs4)nn3C)C2)CC1. The number of likely N-dealkylation sites (tertiary alicyclic amines) is 1. The molecule has 1 unspecified atom stereocenters. The molecular weight excluding hydrogens is 344 g/mol. The van der Waals surface area contributed by atoms with Crippen LogP contribution in [0, 0.1) is 5.92 Å². The average Bonchev–Trinajstić information content (AvgIpc) is 3.28. The van der Waals surface area contributed by atoms with Crippen LogP contribution in [0.2, 0.25) is 0 Å². The summed E-state index contributed by atoms with van der Waals surface area (Å²) in [6.07, 6.45) is 5.75. The van der Waals surface area contributed by atoms with Gasteiger partial charge in [-0.2, -0.15) is 5.10 Å². The van der Waals surface area contributed by atoms with E-state index in [0.29, 0.717) is 18.3 Å². The standard InChI is InChI=1S/C20H28N4OS/c1-14-7-9-24(10-8-14)15-5-6-18-17(12-15)19(22-23(18)2)20(25)21-13-16-4-3-11-26-16/h3-4,11,14-15H,5-10,12-13H2,1-2H3,(H,21,25). The quantitative estimate of drug-likeness (QED) is 0.898. The van der Waals surface area contributed by atoms with Crippen molar-refractivity contribution >= 4 is 17.2 Å².